The van der Waals surface area contributed by atoms with Gasteiger partial charge in [-0.25, -0.2) is 9.78 Å². The lowest BCUT2D eigenvalue weighted by Crippen LogP contribution is -2.44. The van der Waals surface area contributed by atoms with E-state index in [0.29, 0.717) is 47.9 Å². The number of nitrogens with zero attached hydrogens (tertiary/aromatic N) is 5. The Bertz CT molecular complexity index is 1740. The molecule has 4 heterocycles. The molecule has 2 aromatic carbocycles. The van der Waals surface area contributed by atoms with E-state index >= 15 is 0 Å². The number of fused-ring (bicyclic) bond motifs is 2. The van der Waals surface area contributed by atoms with Gasteiger partial charge in [0.15, 0.2) is 0 Å². The van der Waals surface area contributed by atoms with Crippen LogP contribution in [0.4, 0.5) is 23.7 Å². The first-order valence-corrected chi connectivity index (χ1v) is 14.4. The maximum Gasteiger partial charge on any atom is 0.416 e. The molecule has 2 aliphatic rings. The molecule has 0 bridgehead atoms. The average Bonchev–Trinajstić information content (AvgIpc) is 3.43. The smallest absolute Gasteiger partial charge is 0.416 e. The molecule has 1 atom stereocenters. The van der Waals surface area contributed by atoms with Crippen LogP contribution < -0.4 is 10.1 Å². The number of pyridine rings is 1. The van der Waals surface area contributed by atoms with Gasteiger partial charge < -0.3 is 24.8 Å². The van der Waals surface area contributed by atoms with Crippen LogP contribution in [0.3, 0.4) is 0 Å². The number of carbonyl (C=O) groups excluding carboxylic acids is 1. The van der Waals surface area contributed by atoms with Crippen LogP contribution in [0.5, 0.6) is 11.5 Å². The van der Waals surface area contributed by atoms with Crippen molar-refractivity contribution in [3.8, 4) is 17.6 Å². The van der Waals surface area contributed by atoms with E-state index in [-0.39, 0.29) is 30.3 Å². The summed E-state index contributed by atoms with van der Waals surface area (Å²) in [5, 5.41) is 12.6. The van der Waals surface area contributed by atoms with Crippen molar-refractivity contribution >= 4 is 22.8 Å². The maximum atomic E-state index is 14.1. The number of carbonyl (C=O) groups is 1. The zero-order chi connectivity index (χ0) is 31.0. The van der Waals surface area contributed by atoms with Gasteiger partial charge in [0.05, 0.1) is 10.9 Å². The third kappa shape index (κ3) is 6.20. The molecule has 0 saturated carbocycles. The lowest BCUT2D eigenvalue weighted by molar-refractivity contribution is -0.138. The van der Waals surface area contributed by atoms with Gasteiger partial charge in [-0.1, -0.05) is 19.1 Å². The summed E-state index contributed by atoms with van der Waals surface area (Å²) >= 11 is 0. The number of nitriles is 1. The number of nitrogens with one attached hydrogen (secondary N) is 2. The number of aromatic nitrogens is 2. The predicted octanol–water partition coefficient (Wildman–Crippen LogP) is 6.14. The van der Waals surface area contributed by atoms with Crippen molar-refractivity contribution in [2.75, 3.05) is 45.1 Å². The number of hydrogen-bond acceptors (Lipinski definition) is 6. The van der Waals surface area contributed by atoms with Crippen LogP contribution in [0.15, 0.2) is 54.7 Å². The van der Waals surface area contributed by atoms with Crippen LogP contribution >= 0.6 is 0 Å². The van der Waals surface area contributed by atoms with Crippen molar-refractivity contribution < 1.29 is 22.7 Å². The van der Waals surface area contributed by atoms with E-state index in [1.165, 1.54) is 6.07 Å². The summed E-state index contributed by atoms with van der Waals surface area (Å²) in [5.74, 6) is 1.09. The van der Waals surface area contributed by atoms with Crippen LogP contribution in [0, 0.1) is 11.3 Å². The molecule has 1 fully saturated rings. The van der Waals surface area contributed by atoms with Crippen LogP contribution in [0.25, 0.3) is 11.0 Å². The molecule has 0 radical (unpaired) electrons. The fourth-order valence-electron chi connectivity index (χ4n) is 5.90. The Morgan fingerprint density at radius 2 is 1.93 bits per heavy atom. The molecule has 1 saturated heterocycles. The Morgan fingerprint density at radius 3 is 2.68 bits per heavy atom. The number of hydrogen-bond donors (Lipinski definition) is 2. The van der Waals surface area contributed by atoms with E-state index in [1.807, 2.05) is 37.1 Å². The van der Waals surface area contributed by atoms with Crippen molar-refractivity contribution in [3.05, 3.63) is 82.7 Å². The molecule has 44 heavy (non-hydrogen) atoms. The summed E-state index contributed by atoms with van der Waals surface area (Å²) in [6.07, 6.45) is -2.96. The molecule has 228 valence electrons. The first-order chi connectivity index (χ1) is 21.1. The van der Waals surface area contributed by atoms with Gasteiger partial charge in [0.1, 0.15) is 28.9 Å². The third-order valence-corrected chi connectivity index (χ3v) is 8.28. The average molecular weight is 604 g/mol. The molecule has 6 rings (SSSR count). The molecule has 2 aliphatic heterocycles. The molecule has 2 aromatic heterocycles. The summed E-state index contributed by atoms with van der Waals surface area (Å²) in [6, 6.07) is 14.7. The second-order valence-corrected chi connectivity index (χ2v) is 11.5. The predicted molar refractivity (Wildman–Crippen MR) is 159 cm³/mol. The highest BCUT2D eigenvalue weighted by Crippen LogP contribution is 2.36. The van der Waals surface area contributed by atoms with E-state index < -0.39 is 17.8 Å². The number of rotatable bonds is 5. The molecule has 0 unspecified atom stereocenters. The third-order valence-electron chi connectivity index (χ3n) is 8.28. The number of amides is 2. The number of halogens is 3. The summed E-state index contributed by atoms with van der Waals surface area (Å²) in [5.41, 5.74) is 2.43. The summed E-state index contributed by atoms with van der Waals surface area (Å²) < 4.78 is 48.4. The van der Waals surface area contributed by atoms with Crippen LogP contribution in [0.1, 0.15) is 40.8 Å². The monoisotopic (exact) mass is 603 g/mol. The Balaban J connectivity index is 1.17. The fourth-order valence-corrected chi connectivity index (χ4v) is 5.90. The Labute approximate surface area is 252 Å². The standard InChI is InChI=1S/C32H32F3N7O2/c1-20-17-42(19-22-13-25(5-6-26(20)22)44-29-7-8-37-30-27(29)14-24(16-36)38-30)31(43)39-23-4-3-21(28(15-23)32(33,34)35)18-41-11-9-40(2)10-12-41/h3-8,13-15,20H,9-12,17-19H2,1-2H3,(H,37,38)(H,39,43)/t20-/m1/s1. The van der Waals surface area contributed by atoms with Crippen molar-refractivity contribution in [3.63, 3.8) is 0 Å². The topological polar surface area (TPSA) is 101 Å². The zero-order valence-electron chi connectivity index (χ0n) is 24.4. The molecule has 4 aromatic rings. The number of anilines is 1. The molecular formula is C32H32F3N7O2. The minimum atomic E-state index is -4.55. The summed E-state index contributed by atoms with van der Waals surface area (Å²) in [7, 11) is 2.00. The molecule has 9 nitrogen and oxygen atoms in total. The number of aromatic amines is 1. The highest BCUT2D eigenvalue weighted by Gasteiger charge is 2.35. The van der Waals surface area contributed by atoms with Crippen molar-refractivity contribution in [2.24, 2.45) is 0 Å². The lowest BCUT2D eigenvalue weighted by Gasteiger charge is -2.34. The number of benzene rings is 2. The summed E-state index contributed by atoms with van der Waals surface area (Å²) in [6.45, 7) is 5.92. The van der Waals surface area contributed by atoms with Gasteiger partial charge in [-0.3, -0.25) is 4.90 Å². The molecular weight excluding hydrogens is 571 g/mol. The fraction of sp³-hybridized carbons (Fsp3) is 0.344. The first kappa shape index (κ1) is 29.5. The van der Waals surface area contributed by atoms with Crippen molar-refractivity contribution in [1.29, 1.82) is 5.26 Å². The van der Waals surface area contributed by atoms with E-state index in [4.69, 9.17) is 4.74 Å². The zero-order valence-corrected chi connectivity index (χ0v) is 24.4. The molecule has 0 spiro atoms. The van der Waals surface area contributed by atoms with E-state index in [1.54, 1.807) is 29.3 Å². The Hall–Kier alpha value is -4.60. The van der Waals surface area contributed by atoms with E-state index in [9.17, 15) is 23.2 Å². The van der Waals surface area contributed by atoms with Crippen LogP contribution in [0.2, 0.25) is 0 Å². The number of likely N-dealkylation sites (N-methyl/N-ethyl adjacent to an activating group) is 1. The second kappa shape index (κ2) is 11.8. The number of piperazine rings is 1. The Morgan fingerprint density at radius 1 is 1.14 bits per heavy atom. The van der Waals surface area contributed by atoms with Crippen molar-refractivity contribution in [1.82, 2.24) is 24.7 Å². The highest BCUT2D eigenvalue weighted by molar-refractivity contribution is 5.90. The van der Waals surface area contributed by atoms with Crippen LogP contribution in [-0.2, 0) is 19.3 Å². The van der Waals surface area contributed by atoms with Crippen LogP contribution in [-0.4, -0.2) is 70.5 Å². The van der Waals surface area contributed by atoms with Gasteiger partial charge in [0, 0.05) is 57.7 Å². The van der Waals surface area contributed by atoms with Gasteiger partial charge in [-0.15, -0.1) is 0 Å². The van der Waals surface area contributed by atoms with E-state index in [2.05, 4.69) is 26.3 Å². The number of H-pyrrole nitrogens is 1. The van der Waals surface area contributed by atoms with Gasteiger partial charge in [0.25, 0.3) is 0 Å². The lowest BCUT2D eigenvalue weighted by atomic mass is 9.91. The van der Waals surface area contributed by atoms with Gasteiger partial charge in [-0.2, -0.15) is 18.4 Å². The normalized spacial score (nSPS) is 17.7. The van der Waals surface area contributed by atoms with Gasteiger partial charge in [0.2, 0.25) is 0 Å². The van der Waals surface area contributed by atoms with Gasteiger partial charge in [-0.05, 0) is 66.1 Å². The van der Waals surface area contributed by atoms with E-state index in [0.717, 1.165) is 30.3 Å². The minimum Gasteiger partial charge on any atom is -0.457 e. The largest absolute Gasteiger partial charge is 0.457 e. The minimum absolute atomic E-state index is 0.00532. The molecule has 2 N–H and O–H groups in total. The molecule has 2 amide bonds. The number of ether oxygens (including phenoxy) is 1. The molecule has 12 heteroatoms. The van der Waals surface area contributed by atoms with Crippen molar-refractivity contribution in [2.45, 2.75) is 32.1 Å². The maximum absolute atomic E-state index is 14.1. The molecule has 0 aliphatic carbocycles. The Kier molecular flexibility index (Phi) is 7.92. The second-order valence-electron chi connectivity index (χ2n) is 11.5. The number of urea groups is 1. The quantitative estimate of drug-likeness (QED) is 0.284. The van der Waals surface area contributed by atoms with Gasteiger partial charge >= 0.3 is 12.2 Å². The SMILES string of the molecule is C[C@@H]1CN(C(=O)Nc2ccc(CN3CCN(C)CC3)c(C(F)(F)F)c2)Cc2cc(Oc3ccnc4[nH]c(C#N)cc34)ccc21. The highest BCUT2D eigenvalue weighted by atomic mass is 19.4. The first-order valence-electron chi connectivity index (χ1n) is 14.4. The summed E-state index contributed by atoms with van der Waals surface area (Å²) in [4.78, 5) is 26.3. The number of alkyl halides is 3.